The standard InChI is InChI=1S/C28H46O3/c1-18(9-7-15-27(4,5)31)23-13-14-24-21(10-8-16-28(23,24)6)11-12-22-17-25(29)20(3)26(30)19(22)2/h11-12,18,20,23-26,29-31H,2,7-10,13-17H2,1,3-6H3/b21-11+,22-12-/t18-,20+,23-,24?,25+,26+,28-/m1/s1. The van der Waals surface area contributed by atoms with E-state index in [1.165, 1.54) is 32.1 Å². The zero-order chi connectivity index (χ0) is 23.0. The van der Waals surface area contributed by atoms with E-state index in [0.29, 0.717) is 23.7 Å². The maximum Gasteiger partial charge on any atom is 0.0837 e. The van der Waals surface area contributed by atoms with Crippen molar-refractivity contribution in [3.8, 4) is 0 Å². The Morgan fingerprint density at radius 3 is 2.61 bits per heavy atom. The van der Waals surface area contributed by atoms with Gasteiger partial charge in [0, 0.05) is 5.92 Å². The Labute approximate surface area is 190 Å². The molecule has 3 N–H and O–H groups in total. The van der Waals surface area contributed by atoms with Crippen LogP contribution in [0.15, 0.2) is 35.5 Å². The highest BCUT2D eigenvalue weighted by Crippen LogP contribution is 2.60. The summed E-state index contributed by atoms with van der Waals surface area (Å²) in [6.07, 6.45) is 13.4. The molecule has 3 nitrogen and oxygen atoms in total. The van der Waals surface area contributed by atoms with Crippen molar-refractivity contribution in [3.63, 3.8) is 0 Å². The van der Waals surface area contributed by atoms with Gasteiger partial charge in [0.25, 0.3) is 0 Å². The van der Waals surface area contributed by atoms with Gasteiger partial charge >= 0.3 is 0 Å². The van der Waals surface area contributed by atoms with Crippen molar-refractivity contribution in [1.29, 1.82) is 0 Å². The monoisotopic (exact) mass is 430 g/mol. The van der Waals surface area contributed by atoms with Crippen LogP contribution in [0.5, 0.6) is 0 Å². The van der Waals surface area contributed by atoms with E-state index in [0.717, 1.165) is 36.3 Å². The first-order valence-corrected chi connectivity index (χ1v) is 12.6. The number of aliphatic hydroxyl groups excluding tert-OH is 2. The van der Waals surface area contributed by atoms with E-state index in [4.69, 9.17) is 0 Å². The summed E-state index contributed by atoms with van der Waals surface area (Å²) in [6, 6.07) is 0. The minimum absolute atomic E-state index is 0.149. The molecule has 0 aromatic rings. The molecule has 0 bridgehead atoms. The first-order chi connectivity index (χ1) is 14.4. The smallest absolute Gasteiger partial charge is 0.0837 e. The molecule has 176 valence electrons. The molecule has 0 heterocycles. The van der Waals surface area contributed by atoms with Gasteiger partial charge in [-0.15, -0.1) is 0 Å². The molecule has 31 heavy (non-hydrogen) atoms. The van der Waals surface area contributed by atoms with E-state index >= 15 is 0 Å². The summed E-state index contributed by atoms with van der Waals surface area (Å²) in [5.74, 6) is 1.94. The summed E-state index contributed by atoms with van der Waals surface area (Å²) in [5, 5.41) is 30.7. The number of aliphatic hydroxyl groups is 3. The predicted molar refractivity (Wildman–Crippen MR) is 129 cm³/mol. The van der Waals surface area contributed by atoms with Crippen LogP contribution in [0.3, 0.4) is 0 Å². The molecule has 7 atom stereocenters. The fourth-order valence-corrected chi connectivity index (χ4v) is 6.91. The van der Waals surface area contributed by atoms with Gasteiger partial charge in [0.1, 0.15) is 0 Å². The molecule has 3 heteroatoms. The van der Waals surface area contributed by atoms with Crippen molar-refractivity contribution in [2.24, 2.45) is 29.1 Å². The summed E-state index contributed by atoms with van der Waals surface area (Å²) in [7, 11) is 0. The number of rotatable bonds is 6. The van der Waals surface area contributed by atoms with Crippen LogP contribution >= 0.6 is 0 Å². The average molecular weight is 431 g/mol. The molecule has 3 aliphatic rings. The third-order valence-electron chi connectivity index (χ3n) is 8.97. The van der Waals surface area contributed by atoms with Gasteiger partial charge in [-0.2, -0.15) is 0 Å². The third-order valence-corrected chi connectivity index (χ3v) is 8.97. The van der Waals surface area contributed by atoms with Gasteiger partial charge in [0.05, 0.1) is 17.8 Å². The van der Waals surface area contributed by atoms with E-state index in [9.17, 15) is 15.3 Å². The van der Waals surface area contributed by atoms with Crippen LogP contribution in [-0.4, -0.2) is 33.1 Å². The molecule has 3 aliphatic carbocycles. The maximum atomic E-state index is 10.4. The highest BCUT2D eigenvalue weighted by atomic mass is 16.3. The maximum absolute atomic E-state index is 10.4. The van der Waals surface area contributed by atoms with Gasteiger partial charge in [0.2, 0.25) is 0 Å². The average Bonchev–Trinajstić information content (AvgIpc) is 3.04. The number of hydrogen-bond acceptors (Lipinski definition) is 3. The highest BCUT2D eigenvalue weighted by Gasteiger charge is 2.50. The molecule has 0 radical (unpaired) electrons. The number of fused-ring (bicyclic) bond motifs is 1. The van der Waals surface area contributed by atoms with Gasteiger partial charge < -0.3 is 15.3 Å². The summed E-state index contributed by atoms with van der Waals surface area (Å²) in [4.78, 5) is 0. The molecule has 0 aliphatic heterocycles. The molecule has 0 spiro atoms. The van der Waals surface area contributed by atoms with E-state index in [1.54, 1.807) is 5.57 Å². The van der Waals surface area contributed by atoms with Crippen LogP contribution in [0.2, 0.25) is 0 Å². The van der Waals surface area contributed by atoms with Crippen molar-refractivity contribution < 1.29 is 15.3 Å². The van der Waals surface area contributed by atoms with Gasteiger partial charge in [-0.3, -0.25) is 0 Å². The van der Waals surface area contributed by atoms with Crippen LogP contribution in [0.25, 0.3) is 0 Å². The Morgan fingerprint density at radius 2 is 1.94 bits per heavy atom. The highest BCUT2D eigenvalue weighted by molar-refractivity contribution is 5.39. The molecule has 0 amide bonds. The first kappa shape index (κ1) is 24.7. The topological polar surface area (TPSA) is 60.7 Å². The Balaban J connectivity index is 1.71. The van der Waals surface area contributed by atoms with E-state index in [-0.39, 0.29) is 5.92 Å². The second kappa shape index (κ2) is 9.53. The normalized spacial score (nSPS) is 40.4. The van der Waals surface area contributed by atoms with E-state index in [2.05, 4.69) is 32.6 Å². The van der Waals surface area contributed by atoms with E-state index in [1.807, 2.05) is 20.8 Å². The minimum Gasteiger partial charge on any atom is -0.392 e. The molecular formula is C28H46O3. The van der Waals surface area contributed by atoms with E-state index < -0.39 is 17.8 Å². The van der Waals surface area contributed by atoms with Crippen LogP contribution in [0.4, 0.5) is 0 Å². The van der Waals surface area contributed by atoms with Gasteiger partial charge in [0.15, 0.2) is 0 Å². The first-order valence-electron chi connectivity index (χ1n) is 12.6. The lowest BCUT2D eigenvalue weighted by Crippen LogP contribution is -2.36. The van der Waals surface area contributed by atoms with Crippen LogP contribution < -0.4 is 0 Å². The molecular weight excluding hydrogens is 384 g/mol. The van der Waals surface area contributed by atoms with Crippen LogP contribution in [0, 0.1) is 29.1 Å². The Bertz CT molecular complexity index is 712. The molecule has 3 saturated carbocycles. The second-order valence-electron chi connectivity index (χ2n) is 11.8. The molecule has 0 aromatic carbocycles. The van der Waals surface area contributed by atoms with Gasteiger partial charge in [-0.1, -0.05) is 57.9 Å². The SMILES string of the molecule is C=C1/C(=C\C=C2/CCC[C@@]3(C)C2CC[C@@H]3[C@H](C)CCCC(C)(C)O)C[C@H](O)[C@H](C)[C@H]1O. The van der Waals surface area contributed by atoms with Crippen molar-refractivity contribution in [1.82, 2.24) is 0 Å². The lowest BCUT2D eigenvalue weighted by Gasteiger charge is -2.44. The fraction of sp³-hybridized carbons (Fsp3) is 0.786. The second-order valence-corrected chi connectivity index (χ2v) is 11.8. The molecule has 3 fully saturated rings. The quantitative estimate of drug-likeness (QED) is 0.488. The Morgan fingerprint density at radius 1 is 1.23 bits per heavy atom. The minimum atomic E-state index is -0.648. The Hall–Kier alpha value is -0.900. The predicted octanol–water partition coefficient (Wildman–Crippen LogP) is 5.95. The molecule has 1 unspecified atom stereocenters. The largest absolute Gasteiger partial charge is 0.392 e. The van der Waals surface area contributed by atoms with Crippen LogP contribution in [0.1, 0.15) is 92.4 Å². The summed E-state index contributed by atoms with van der Waals surface area (Å²) in [6.45, 7) is 14.8. The molecule has 0 aromatic heterocycles. The van der Waals surface area contributed by atoms with Crippen molar-refractivity contribution in [3.05, 3.63) is 35.5 Å². The zero-order valence-corrected chi connectivity index (χ0v) is 20.5. The lowest BCUT2D eigenvalue weighted by atomic mass is 9.60. The summed E-state index contributed by atoms with van der Waals surface area (Å²) < 4.78 is 0. The van der Waals surface area contributed by atoms with Crippen molar-refractivity contribution in [2.75, 3.05) is 0 Å². The van der Waals surface area contributed by atoms with Gasteiger partial charge in [-0.25, -0.2) is 0 Å². The van der Waals surface area contributed by atoms with Crippen molar-refractivity contribution >= 4 is 0 Å². The van der Waals surface area contributed by atoms with Crippen LogP contribution in [-0.2, 0) is 0 Å². The zero-order valence-electron chi connectivity index (χ0n) is 20.5. The third kappa shape index (κ3) is 5.37. The number of allylic oxidation sites excluding steroid dienone is 3. The number of hydrogen-bond donors (Lipinski definition) is 3. The Kier molecular flexibility index (Phi) is 7.61. The summed E-state index contributed by atoms with van der Waals surface area (Å²) >= 11 is 0. The lowest BCUT2D eigenvalue weighted by molar-refractivity contribution is 0.0283. The molecule has 3 rings (SSSR count). The molecule has 0 saturated heterocycles. The summed E-state index contributed by atoms with van der Waals surface area (Å²) in [5.41, 5.74) is 3.15. The van der Waals surface area contributed by atoms with Crippen molar-refractivity contribution in [2.45, 2.75) is 110 Å². The van der Waals surface area contributed by atoms with Gasteiger partial charge in [-0.05, 0) is 93.1 Å². The fourth-order valence-electron chi connectivity index (χ4n) is 6.91.